The molecule has 0 spiro atoms. The fourth-order valence-electron chi connectivity index (χ4n) is 4.79. The quantitative estimate of drug-likeness (QED) is 0.146. The number of nitrogens with zero attached hydrogens (tertiary/aromatic N) is 3. The Morgan fingerprint density at radius 3 is 2.48 bits per heavy atom. The van der Waals surface area contributed by atoms with Crippen LogP contribution in [-0.4, -0.2) is 45.2 Å². The summed E-state index contributed by atoms with van der Waals surface area (Å²) in [5, 5.41) is 7.78. The van der Waals surface area contributed by atoms with E-state index in [0.717, 1.165) is 41.2 Å². The van der Waals surface area contributed by atoms with Crippen molar-refractivity contribution in [3.63, 3.8) is 0 Å². The van der Waals surface area contributed by atoms with Gasteiger partial charge in [0.2, 0.25) is 5.82 Å². The van der Waals surface area contributed by atoms with Crippen LogP contribution in [0.15, 0.2) is 106 Å². The first-order valence-corrected chi connectivity index (χ1v) is 16.4. The maximum atomic E-state index is 12.9. The molecule has 0 unspecified atom stereocenters. The smallest absolute Gasteiger partial charge is 0.265 e. The molecule has 0 fully saturated rings. The molecule has 1 heterocycles. The number of methoxy groups -OCH3 is 1. The predicted molar refractivity (Wildman–Crippen MR) is 179 cm³/mol. The van der Waals surface area contributed by atoms with Crippen molar-refractivity contribution in [2.24, 2.45) is 5.92 Å². The topological polar surface area (TPSA) is 127 Å². The van der Waals surface area contributed by atoms with Crippen LogP contribution in [0.25, 0.3) is 22.8 Å². The minimum atomic E-state index is -4.03. The summed E-state index contributed by atoms with van der Waals surface area (Å²) in [4.78, 5) is 19.7. The lowest BCUT2D eigenvalue weighted by molar-refractivity contribution is 0.0981. The van der Waals surface area contributed by atoms with Gasteiger partial charge in [0.1, 0.15) is 5.75 Å². The largest absolute Gasteiger partial charge is 0.497 e. The van der Waals surface area contributed by atoms with Gasteiger partial charge in [-0.3, -0.25) is 4.79 Å². The first kappa shape index (κ1) is 32.2. The van der Waals surface area contributed by atoms with Crippen molar-refractivity contribution in [1.29, 1.82) is 0 Å². The molecule has 4 aromatic carbocycles. The van der Waals surface area contributed by atoms with Crippen LogP contribution in [0.1, 0.15) is 36.2 Å². The summed E-state index contributed by atoms with van der Waals surface area (Å²) in [6.45, 7) is 5.90. The van der Waals surface area contributed by atoms with E-state index in [1.807, 2.05) is 42.5 Å². The van der Waals surface area contributed by atoms with Gasteiger partial charge in [-0.2, -0.15) is 4.98 Å². The molecular weight excluding hydrogens is 602 g/mol. The minimum absolute atomic E-state index is 0.00413. The van der Waals surface area contributed by atoms with Gasteiger partial charge in [0.15, 0.2) is 0 Å². The Hall–Kier alpha value is -5.16. The van der Waals surface area contributed by atoms with Gasteiger partial charge in [0.05, 0.1) is 23.4 Å². The molecule has 1 aromatic heterocycles. The Bertz CT molecular complexity index is 1910. The molecule has 5 rings (SSSR count). The summed E-state index contributed by atoms with van der Waals surface area (Å²) >= 11 is 0. The number of carbonyl (C=O) groups is 1. The Labute approximate surface area is 269 Å². The predicted octanol–water partition coefficient (Wildman–Crippen LogP) is 6.63. The molecule has 0 radical (unpaired) electrons. The number of rotatable bonds is 13. The van der Waals surface area contributed by atoms with Crippen molar-refractivity contribution >= 4 is 27.3 Å². The van der Waals surface area contributed by atoms with Crippen LogP contribution in [-0.2, 0) is 16.6 Å². The number of sulfonamides is 1. The van der Waals surface area contributed by atoms with E-state index in [9.17, 15) is 13.2 Å². The third-order valence-electron chi connectivity index (χ3n) is 7.40. The van der Waals surface area contributed by atoms with Gasteiger partial charge in [-0.05, 0) is 78.6 Å². The molecule has 0 bridgehead atoms. The number of aromatic nitrogens is 2. The number of amides is 1. The van der Waals surface area contributed by atoms with E-state index in [4.69, 9.17) is 9.26 Å². The lowest BCUT2D eigenvalue weighted by Gasteiger charge is -2.24. The van der Waals surface area contributed by atoms with Crippen molar-refractivity contribution in [3.05, 3.63) is 108 Å². The molecule has 0 aliphatic rings. The Morgan fingerprint density at radius 2 is 1.72 bits per heavy atom. The minimum Gasteiger partial charge on any atom is -0.497 e. The van der Waals surface area contributed by atoms with Gasteiger partial charge in [0.25, 0.3) is 21.8 Å². The monoisotopic (exact) mass is 639 g/mol. The second kappa shape index (κ2) is 14.3. The average molecular weight is 640 g/mol. The summed E-state index contributed by atoms with van der Waals surface area (Å²) in [5.74, 6) is 1.16. The van der Waals surface area contributed by atoms with Gasteiger partial charge in [-0.15, -0.1) is 0 Å². The molecule has 46 heavy (non-hydrogen) atoms. The zero-order chi connectivity index (χ0) is 32.7. The third-order valence-corrected chi connectivity index (χ3v) is 8.75. The van der Waals surface area contributed by atoms with Gasteiger partial charge in [-0.25, -0.2) is 13.1 Å². The molecule has 1 amide bonds. The lowest BCUT2D eigenvalue weighted by Crippen LogP contribution is -2.30. The summed E-state index contributed by atoms with van der Waals surface area (Å²) in [7, 11) is -0.302. The number of nitrogens with one attached hydrogen (secondary N) is 2. The third kappa shape index (κ3) is 7.91. The maximum Gasteiger partial charge on any atom is 0.265 e. The van der Waals surface area contributed by atoms with Crippen LogP contribution in [0.5, 0.6) is 5.75 Å². The van der Waals surface area contributed by atoms with Gasteiger partial charge >= 0.3 is 0 Å². The Balaban J connectivity index is 1.38. The molecule has 2 N–H and O–H groups in total. The molecule has 5 aromatic rings. The number of hydrogen-bond acceptors (Lipinski definition) is 9. The Morgan fingerprint density at radius 1 is 0.935 bits per heavy atom. The molecule has 11 heteroatoms. The second-order valence-electron chi connectivity index (χ2n) is 11.3. The van der Waals surface area contributed by atoms with E-state index in [2.05, 4.69) is 46.0 Å². The fraction of sp³-hybridized carbons (Fsp3) is 0.229. The first-order valence-electron chi connectivity index (χ1n) is 14.9. The summed E-state index contributed by atoms with van der Waals surface area (Å²) < 4.78 is 38.4. The molecule has 238 valence electrons. The van der Waals surface area contributed by atoms with Gasteiger partial charge in [0, 0.05) is 36.8 Å². The molecule has 0 aliphatic carbocycles. The highest BCUT2D eigenvalue weighted by Gasteiger charge is 2.20. The standard InChI is InChI=1S/C35H37N5O5S/c1-24(2)18-19-40(3)32-17-16-26(22-31(32)36-23-25-10-8-13-29(20-25)44-4)33-37-35(45-38-33)28-12-9-11-27(21-28)34(41)39-46(42,43)30-14-6-5-7-15-30/h5-17,20-22,24,36H,18-19,23H2,1-4H3,(H,39,41). The maximum absolute atomic E-state index is 12.9. The van der Waals surface area contributed by atoms with Crippen LogP contribution in [0.2, 0.25) is 0 Å². The van der Waals surface area contributed by atoms with E-state index in [0.29, 0.717) is 23.9 Å². The van der Waals surface area contributed by atoms with Crippen LogP contribution >= 0.6 is 0 Å². The number of carbonyl (C=O) groups excluding carboxylic acids is 1. The normalized spacial score (nSPS) is 11.3. The van der Waals surface area contributed by atoms with E-state index in [1.165, 1.54) is 24.3 Å². The SMILES string of the molecule is COc1cccc(CNc2cc(-c3noc(-c4cccc(C(=O)NS(=O)(=O)c5ccccc5)c4)n3)ccc2N(C)CCC(C)C)c1. The highest BCUT2D eigenvalue weighted by atomic mass is 32.2. The van der Waals surface area contributed by atoms with Crippen molar-refractivity contribution in [1.82, 2.24) is 14.9 Å². The zero-order valence-electron chi connectivity index (χ0n) is 26.2. The van der Waals surface area contributed by atoms with Crippen LogP contribution in [0.4, 0.5) is 11.4 Å². The summed E-state index contributed by atoms with van der Waals surface area (Å²) in [5.41, 5.74) is 4.38. The van der Waals surface area contributed by atoms with Crippen LogP contribution < -0.4 is 19.7 Å². The molecule has 0 aliphatic heterocycles. The van der Waals surface area contributed by atoms with Crippen molar-refractivity contribution in [2.75, 3.05) is 30.9 Å². The fourth-order valence-corrected chi connectivity index (χ4v) is 5.79. The van der Waals surface area contributed by atoms with E-state index in [-0.39, 0.29) is 16.3 Å². The van der Waals surface area contributed by atoms with E-state index >= 15 is 0 Å². The molecule has 0 atom stereocenters. The van der Waals surface area contributed by atoms with Crippen molar-refractivity contribution in [2.45, 2.75) is 31.7 Å². The molecule has 10 nitrogen and oxygen atoms in total. The lowest BCUT2D eigenvalue weighted by atomic mass is 10.1. The summed E-state index contributed by atoms with van der Waals surface area (Å²) in [6, 6.07) is 28.0. The van der Waals surface area contributed by atoms with Crippen LogP contribution in [0, 0.1) is 5.92 Å². The van der Waals surface area contributed by atoms with Crippen molar-refractivity contribution < 1.29 is 22.5 Å². The van der Waals surface area contributed by atoms with Gasteiger partial charge in [-0.1, -0.05) is 55.4 Å². The second-order valence-corrected chi connectivity index (χ2v) is 13.0. The Kier molecular flexibility index (Phi) is 10.0. The van der Waals surface area contributed by atoms with Crippen LogP contribution in [0.3, 0.4) is 0 Å². The number of benzene rings is 4. The van der Waals surface area contributed by atoms with Gasteiger partial charge < -0.3 is 19.5 Å². The highest BCUT2D eigenvalue weighted by Crippen LogP contribution is 2.32. The van der Waals surface area contributed by atoms with E-state index in [1.54, 1.807) is 37.4 Å². The summed E-state index contributed by atoms with van der Waals surface area (Å²) in [6.07, 6.45) is 1.05. The number of anilines is 2. The number of ether oxygens (including phenoxy) is 1. The first-order chi connectivity index (χ1) is 22.1. The molecular formula is C35H37N5O5S. The van der Waals surface area contributed by atoms with Crippen molar-refractivity contribution in [3.8, 4) is 28.6 Å². The van der Waals surface area contributed by atoms with E-state index < -0.39 is 15.9 Å². The molecule has 0 saturated heterocycles. The zero-order valence-corrected chi connectivity index (χ0v) is 27.0. The molecule has 0 saturated carbocycles. The average Bonchev–Trinajstić information content (AvgIpc) is 3.57. The highest BCUT2D eigenvalue weighted by molar-refractivity contribution is 7.90. The number of hydrogen-bond donors (Lipinski definition) is 2.